The van der Waals surface area contributed by atoms with Crippen molar-refractivity contribution in [3.05, 3.63) is 52.6 Å². The van der Waals surface area contributed by atoms with Gasteiger partial charge in [-0.3, -0.25) is 9.67 Å². The van der Waals surface area contributed by atoms with Crippen molar-refractivity contribution in [3.8, 4) is 0 Å². The number of benzene rings is 1. The lowest BCUT2D eigenvalue weighted by molar-refractivity contribution is 0.459. The fourth-order valence-electron chi connectivity index (χ4n) is 2.12. The van der Waals surface area contributed by atoms with E-state index in [1.165, 1.54) is 6.07 Å². The molecule has 1 aromatic heterocycles. The lowest BCUT2D eigenvalue weighted by Gasteiger charge is -2.23. The van der Waals surface area contributed by atoms with Crippen LogP contribution in [0.1, 0.15) is 11.3 Å². The highest BCUT2D eigenvalue weighted by atomic mass is 35.5. The molecule has 5 nitrogen and oxygen atoms in total. The number of rotatable bonds is 4. The predicted molar refractivity (Wildman–Crippen MR) is 86.3 cm³/mol. The van der Waals surface area contributed by atoms with Crippen LogP contribution >= 0.6 is 11.6 Å². The molecule has 0 amide bonds. The number of aromatic nitrogens is 2. The molecule has 0 spiro atoms. The highest BCUT2D eigenvalue weighted by Gasteiger charge is 2.13. The van der Waals surface area contributed by atoms with Gasteiger partial charge in [0, 0.05) is 44.5 Å². The Hall–Kier alpha value is -2.08. The van der Waals surface area contributed by atoms with Crippen LogP contribution in [0.3, 0.4) is 0 Å². The first kappa shape index (κ1) is 16.3. The summed E-state index contributed by atoms with van der Waals surface area (Å²) in [4.78, 5) is 6.03. The van der Waals surface area contributed by atoms with Gasteiger partial charge in [0.25, 0.3) is 0 Å². The van der Waals surface area contributed by atoms with Gasteiger partial charge in [-0.1, -0.05) is 17.7 Å². The molecule has 0 aliphatic rings. The molecule has 2 aromatic rings. The number of aryl methyl sites for hydroxylation is 1. The molecule has 7 heteroatoms. The smallest absolute Gasteiger partial charge is 0.194 e. The molecule has 0 unspecified atom stereocenters. The van der Waals surface area contributed by atoms with Crippen LogP contribution in [0.5, 0.6) is 0 Å². The number of hydrogen-bond donors (Lipinski definition) is 1. The molecule has 0 radical (unpaired) electrons. The van der Waals surface area contributed by atoms with Crippen LogP contribution in [0.2, 0.25) is 5.02 Å². The molecule has 118 valence electrons. The molecule has 0 aliphatic carbocycles. The lowest BCUT2D eigenvalue weighted by Crippen LogP contribution is -2.38. The van der Waals surface area contributed by atoms with Crippen molar-refractivity contribution in [2.75, 3.05) is 14.1 Å². The summed E-state index contributed by atoms with van der Waals surface area (Å²) in [6, 6.07) is 6.60. The summed E-state index contributed by atoms with van der Waals surface area (Å²) in [6.45, 7) is 0.912. The normalized spacial score (nSPS) is 11.6. The highest BCUT2D eigenvalue weighted by Crippen LogP contribution is 2.20. The van der Waals surface area contributed by atoms with Crippen LogP contribution in [0.25, 0.3) is 0 Å². The fourth-order valence-corrected chi connectivity index (χ4v) is 2.35. The first-order chi connectivity index (χ1) is 10.5. The number of nitrogens with zero attached hydrogens (tertiary/aromatic N) is 4. The maximum atomic E-state index is 13.9. The van der Waals surface area contributed by atoms with Crippen molar-refractivity contribution < 1.29 is 4.39 Å². The molecule has 0 fully saturated rings. The van der Waals surface area contributed by atoms with E-state index in [1.807, 2.05) is 25.1 Å². The van der Waals surface area contributed by atoms with Gasteiger partial charge in [-0.15, -0.1) is 0 Å². The standard InChI is InChI=1S/C15H19ClFN5/c1-18-15(19-9-11-7-8-20-22(11)3)21(2)10-12-13(16)5-4-6-14(12)17/h4-8H,9-10H2,1-3H3,(H,18,19). The second-order valence-corrected chi connectivity index (χ2v) is 5.31. The Bertz CT molecular complexity index is 647. The van der Waals surface area contributed by atoms with Crippen LogP contribution in [0.15, 0.2) is 35.5 Å². The Morgan fingerprint density at radius 1 is 1.45 bits per heavy atom. The third kappa shape index (κ3) is 3.76. The molecule has 1 heterocycles. The summed E-state index contributed by atoms with van der Waals surface area (Å²) in [5, 5.41) is 7.74. The molecule has 1 aromatic carbocycles. The quantitative estimate of drug-likeness (QED) is 0.694. The molecular weight excluding hydrogens is 305 g/mol. The van der Waals surface area contributed by atoms with Crippen LogP contribution in [-0.4, -0.2) is 34.7 Å². The van der Waals surface area contributed by atoms with Gasteiger partial charge in [-0.25, -0.2) is 4.39 Å². The van der Waals surface area contributed by atoms with Crippen LogP contribution in [0.4, 0.5) is 4.39 Å². The minimum absolute atomic E-state index is 0.318. The van der Waals surface area contributed by atoms with E-state index in [1.54, 1.807) is 30.1 Å². The average molecular weight is 324 g/mol. The first-order valence-corrected chi connectivity index (χ1v) is 7.22. The summed E-state index contributed by atoms with van der Waals surface area (Å²) < 4.78 is 15.6. The van der Waals surface area contributed by atoms with Gasteiger partial charge < -0.3 is 10.2 Å². The van der Waals surface area contributed by atoms with Crippen molar-refractivity contribution in [3.63, 3.8) is 0 Å². The number of halogens is 2. The van der Waals surface area contributed by atoms with E-state index in [0.29, 0.717) is 29.6 Å². The molecule has 0 saturated carbocycles. The van der Waals surface area contributed by atoms with Gasteiger partial charge in [-0.05, 0) is 18.2 Å². The maximum Gasteiger partial charge on any atom is 0.194 e. The van der Waals surface area contributed by atoms with Gasteiger partial charge in [-0.2, -0.15) is 5.10 Å². The number of hydrogen-bond acceptors (Lipinski definition) is 2. The van der Waals surface area contributed by atoms with Crippen LogP contribution < -0.4 is 5.32 Å². The Balaban J connectivity index is 2.03. The summed E-state index contributed by atoms with van der Waals surface area (Å²) in [7, 11) is 5.40. The Morgan fingerprint density at radius 3 is 2.82 bits per heavy atom. The van der Waals surface area contributed by atoms with E-state index in [9.17, 15) is 4.39 Å². The van der Waals surface area contributed by atoms with Gasteiger partial charge in [0.2, 0.25) is 0 Å². The van der Waals surface area contributed by atoms with E-state index in [0.717, 1.165) is 5.69 Å². The fraction of sp³-hybridized carbons (Fsp3) is 0.333. The molecular formula is C15H19ClFN5. The summed E-state index contributed by atoms with van der Waals surface area (Å²) in [5.41, 5.74) is 1.48. The predicted octanol–water partition coefficient (Wildman–Crippen LogP) is 2.42. The van der Waals surface area contributed by atoms with Crippen molar-refractivity contribution in [2.45, 2.75) is 13.1 Å². The minimum atomic E-state index is -0.318. The Kier molecular flexibility index (Phi) is 5.38. The number of aliphatic imine (C=N–C) groups is 1. The zero-order valence-electron chi connectivity index (χ0n) is 12.8. The third-order valence-corrected chi connectivity index (χ3v) is 3.73. The van der Waals surface area contributed by atoms with Crippen molar-refractivity contribution in [2.24, 2.45) is 12.0 Å². The van der Waals surface area contributed by atoms with Gasteiger partial charge >= 0.3 is 0 Å². The molecule has 22 heavy (non-hydrogen) atoms. The second kappa shape index (κ2) is 7.26. The first-order valence-electron chi connectivity index (χ1n) is 6.84. The Morgan fingerprint density at radius 2 is 2.23 bits per heavy atom. The summed E-state index contributed by atoms with van der Waals surface area (Å²) in [5.74, 6) is 0.335. The largest absolute Gasteiger partial charge is 0.351 e. The third-order valence-electron chi connectivity index (χ3n) is 3.38. The second-order valence-electron chi connectivity index (χ2n) is 4.90. The van der Waals surface area contributed by atoms with Gasteiger partial charge in [0.05, 0.1) is 12.2 Å². The molecule has 0 bridgehead atoms. The zero-order valence-corrected chi connectivity index (χ0v) is 13.6. The molecule has 0 aliphatic heterocycles. The van der Waals surface area contributed by atoms with E-state index >= 15 is 0 Å². The molecule has 0 atom stereocenters. The zero-order chi connectivity index (χ0) is 16.1. The Labute approximate surface area is 134 Å². The van der Waals surface area contributed by atoms with Crippen molar-refractivity contribution in [1.29, 1.82) is 0 Å². The monoisotopic (exact) mass is 323 g/mol. The molecule has 1 N–H and O–H groups in total. The minimum Gasteiger partial charge on any atom is -0.351 e. The van der Waals surface area contributed by atoms with Crippen LogP contribution in [0, 0.1) is 5.82 Å². The summed E-state index contributed by atoms with van der Waals surface area (Å²) >= 11 is 6.06. The molecule has 2 rings (SSSR count). The van der Waals surface area contributed by atoms with Crippen molar-refractivity contribution >= 4 is 17.6 Å². The molecule has 0 saturated heterocycles. The maximum absolute atomic E-state index is 13.9. The van der Waals surface area contributed by atoms with E-state index in [-0.39, 0.29) is 5.82 Å². The lowest BCUT2D eigenvalue weighted by atomic mass is 10.2. The van der Waals surface area contributed by atoms with E-state index in [2.05, 4.69) is 15.4 Å². The number of nitrogens with one attached hydrogen (secondary N) is 1. The van der Waals surface area contributed by atoms with Crippen LogP contribution in [-0.2, 0) is 20.1 Å². The van der Waals surface area contributed by atoms with Gasteiger partial charge in [0.1, 0.15) is 5.82 Å². The topological polar surface area (TPSA) is 45.5 Å². The highest BCUT2D eigenvalue weighted by molar-refractivity contribution is 6.31. The van der Waals surface area contributed by atoms with E-state index in [4.69, 9.17) is 11.6 Å². The number of guanidine groups is 1. The average Bonchev–Trinajstić information content (AvgIpc) is 2.89. The van der Waals surface area contributed by atoms with Crippen molar-refractivity contribution in [1.82, 2.24) is 20.0 Å². The summed E-state index contributed by atoms with van der Waals surface area (Å²) in [6.07, 6.45) is 1.74. The SMILES string of the molecule is CN=C(NCc1ccnn1C)N(C)Cc1c(F)cccc1Cl. The van der Waals surface area contributed by atoms with Gasteiger partial charge in [0.15, 0.2) is 5.96 Å². The van der Waals surface area contributed by atoms with E-state index < -0.39 is 0 Å².